The topological polar surface area (TPSA) is 96.0 Å². The number of rotatable bonds is 6. The largest absolute Gasteiger partial charge is 0.444 e. The van der Waals surface area contributed by atoms with Crippen LogP contribution < -0.4 is 10.2 Å². The molecular weight excluding hydrogens is 362 g/mol. The number of aldehydes is 1. The summed E-state index contributed by atoms with van der Waals surface area (Å²) >= 11 is 0. The average molecular weight is 389 g/mol. The highest BCUT2D eigenvalue weighted by molar-refractivity contribution is 5.98. The second-order valence-electron chi connectivity index (χ2n) is 7.61. The molecule has 1 aromatic rings. The van der Waals surface area contributed by atoms with E-state index < -0.39 is 11.7 Å². The van der Waals surface area contributed by atoms with E-state index >= 15 is 0 Å². The molecule has 0 bridgehead atoms. The van der Waals surface area contributed by atoms with Gasteiger partial charge in [0.25, 0.3) is 0 Å². The van der Waals surface area contributed by atoms with Crippen molar-refractivity contribution >= 4 is 29.9 Å². The molecule has 1 fully saturated rings. The van der Waals surface area contributed by atoms with Crippen LogP contribution >= 0.6 is 0 Å². The predicted octanol–water partition coefficient (Wildman–Crippen LogP) is 1.98. The summed E-state index contributed by atoms with van der Waals surface area (Å²) in [6.07, 6.45) is 0.928. The van der Waals surface area contributed by atoms with Crippen molar-refractivity contribution in [2.45, 2.75) is 39.2 Å². The lowest BCUT2D eigenvalue weighted by molar-refractivity contribution is -0.136. The number of benzene rings is 1. The Morgan fingerprint density at radius 1 is 1.25 bits per heavy atom. The van der Waals surface area contributed by atoms with Gasteiger partial charge >= 0.3 is 6.09 Å². The molecule has 152 valence electrons. The van der Waals surface area contributed by atoms with Crippen LogP contribution in [0.15, 0.2) is 24.3 Å². The number of carbonyl (C=O) groups excluding carboxylic acids is 4. The Bertz CT molecular complexity index is 742. The monoisotopic (exact) mass is 389 g/mol. The molecule has 3 amide bonds. The van der Waals surface area contributed by atoms with Crippen LogP contribution in [0.25, 0.3) is 0 Å². The first-order valence-electron chi connectivity index (χ1n) is 9.30. The lowest BCUT2D eigenvalue weighted by Crippen LogP contribution is -2.52. The van der Waals surface area contributed by atoms with E-state index in [0.29, 0.717) is 37.3 Å². The van der Waals surface area contributed by atoms with Crippen molar-refractivity contribution < 1.29 is 23.9 Å². The number of nitrogens with zero attached hydrogens (tertiary/aromatic N) is 2. The summed E-state index contributed by atoms with van der Waals surface area (Å²) in [5, 5.41) is 2.61. The van der Waals surface area contributed by atoms with Crippen molar-refractivity contribution in [1.29, 1.82) is 0 Å². The molecule has 1 aromatic carbocycles. The number of hydrogen-bond acceptors (Lipinski definition) is 5. The fourth-order valence-corrected chi connectivity index (χ4v) is 2.83. The summed E-state index contributed by atoms with van der Waals surface area (Å²) in [5.41, 5.74) is 0.593. The van der Waals surface area contributed by atoms with E-state index in [1.165, 1.54) is 4.90 Å². The molecule has 0 aromatic heterocycles. The molecule has 0 aliphatic carbocycles. The highest BCUT2D eigenvalue weighted by Crippen LogP contribution is 2.19. The maximum atomic E-state index is 12.4. The Morgan fingerprint density at radius 2 is 2.00 bits per heavy atom. The zero-order chi connectivity index (χ0) is 20.7. The van der Waals surface area contributed by atoms with E-state index in [4.69, 9.17) is 4.74 Å². The Kier molecular flexibility index (Phi) is 7.14. The molecule has 1 aliphatic rings. The van der Waals surface area contributed by atoms with Crippen molar-refractivity contribution in [3.63, 3.8) is 0 Å². The molecule has 8 nitrogen and oxygen atoms in total. The van der Waals surface area contributed by atoms with Crippen LogP contribution in [0.5, 0.6) is 0 Å². The first kappa shape index (κ1) is 21.4. The molecular formula is C20H27N3O5. The predicted molar refractivity (Wildman–Crippen MR) is 104 cm³/mol. The Labute approximate surface area is 164 Å². The fourth-order valence-electron chi connectivity index (χ4n) is 2.83. The van der Waals surface area contributed by atoms with E-state index in [9.17, 15) is 19.2 Å². The lowest BCUT2D eigenvalue weighted by Gasteiger charge is -2.34. The zero-order valence-electron chi connectivity index (χ0n) is 16.6. The molecule has 0 unspecified atom stereocenters. The number of hydrogen-bond donors (Lipinski definition) is 1. The highest BCUT2D eigenvalue weighted by Gasteiger charge is 2.27. The number of anilines is 1. The Hall–Kier alpha value is -2.90. The van der Waals surface area contributed by atoms with Gasteiger partial charge in [0.1, 0.15) is 18.4 Å². The second-order valence-corrected chi connectivity index (χ2v) is 7.61. The van der Waals surface area contributed by atoms with E-state index in [0.717, 1.165) is 6.29 Å². The molecule has 0 saturated carbocycles. The first-order chi connectivity index (χ1) is 13.2. The number of piperazine rings is 1. The van der Waals surface area contributed by atoms with Gasteiger partial charge < -0.3 is 19.9 Å². The van der Waals surface area contributed by atoms with Crippen LogP contribution in [-0.2, 0) is 14.3 Å². The van der Waals surface area contributed by atoms with Gasteiger partial charge in [-0.1, -0.05) is 12.1 Å². The summed E-state index contributed by atoms with van der Waals surface area (Å²) in [4.78, 5) is 50.3. The van der Waals surface area contributed by atoms with Crippen LogP contribution in [0.1, 0.15) is 44.0 Å². The van der Waals surface area contributed by atoms with E-state index in [1.807, 2.05) is 0 Å². The fraction of sp³-hybridized carbons (Fsp3) is 0.500. The third-order valence-corrected chi connectivity index (χ3v) is 4.13. The summed E-state index contributed by atoms with van der Waals surface area (Å²) in [7, 11) is 0. The molecule has 0 atom stereocenters. The molecule has 8 heteroatoms. The maximum Gasteiger partial charge on any atom is 0.407 e. The molecule has 1 aliphatic heterocycles. The van der Waals surface area contributed by atoms with Gasteiger partial charge in [-0.15, -0.1) is 0 Å². The van der Waals surface area contributed by atoms with E-state index in [-0.39, 0.29) is 24.8 Å². The van der Waals surface area contributed by atoms with Gasteiger partial charge in [-0.2, -0.15) is 0 Å². The lowest BCUT2D eigenvalue weighted by atomic mass is 10.1. The van der Waals surface area contributed by atoms with Crippen LogP contribution in [0.2, 0.25) is 0 Å². The van der Waals surface area contributed by atoms with E-state index in [1.54, 1.807) is 49.9 Å². The minimum Gasteiger partial charge on any atom is -0.444 e. The molecule has 28 heavy (non-hydrogen) atoms. The Balaban J connectivity index is 1.77. The van der Waals surface area contributed by atoms with Crippen LogP contribution in [0.3, 0.4) is 0 Å². The van der Waals surface area contributed by atoms with Gasteiger partial charge in [-0.05, 0) is 39.3 Å². The third-order valence-electron chi connectivity index (χ3n) is 4.13. The normalized spacial score (nSPS) is 14.6. The number of amides is 3. The summed E-state index contributed by atoms with van der Waals surface area (Å²) < 4.78 is 5.13. The molecule has 1 N–H and O–H groups in total. The molecule has 1 saturated heterocycles. The summed E-state index contributed by atoms with van der Waals surface area (Å²) in [6, 6.07) is 6.82. The molecule has 1 heterocycles. The first-order valence-corrected chi connectivity index (χ1v) is 9.30. The average Bonchev–Trinajstić information content (AvgIpc) is 2.63. The number of carbonyl (C=O) groups is 4. The highest BCUT2D eigenvalue weighted by atomic mass is 16.6. The number of alkyl carbamates (subject to hydrolysis) is 1. The Morgan fingerprint density at radius 3 is 2.64 bits per heavy atom. The molecule has 0 spiro atoms. The van der Waals surface area contributed by atoms with Gasteiger partial charge in [0.15, 0.2) is 0 Å². The van der Waals surface area contributed by atoms with Crippen molar-refractivity contribution in [2.75, 3.05) is 31.1 Å². The summed E-state index contributed by atoms with van der Waals surface area (Å²) in [6.45, 7) is 6.47. The molecule has 2 rings (SSSR count). The minimum atomic E-state index is -0.564. The van der Waals surface area contributed by atoms with Crippen LogP contribution in [-0.4, -0.2) is 60.9 Å². The van der Waals surface area contributed by atoms with Gasteiger partial charge in [0, 0.05) is 37.3 Å². The van der Waals surface area contributed by atoms with Crippen molar-refractivity contribution in [3.05, 3.63) is 29.8 Å². The van der Waals surface area contributed by atoms with Gasteiger partial charge in [0.05, 0.1) is 0 Å². The quantitative estimate of drug-likeness (QED) is 0.593. The summed E-state index contributed by atoms with van der Waals surface area (Å²) in [5.74, 6) is -0.310. The van der Waals surface area contributed by atoms with Crippen molar-refractivity contribution in [1.82, 2.24) is 10.2 Å². The molecule has 0 radical (unpaired) electrons. The second kappa shape index (κ2) is 9.34. The number of nitrogens with one attached hydrogen (secondary N) is 1. The van der Waals surface area contributed by atoms with Crippen molar-refractivity contribution in [3.8, 4) is 0 Å². The van der Waals surface area contributed by atoms with Gasteiger partial charge in [-0.3, -0.25) is 14.4 Å². The zero-order valence-corrected chi connectivity index (χ0v) is 16.6. The smallest absolute Gasteiger partial charge is 0.407 e. The van der Waals surface area contributed by atoms with Crippen molar-refractivity contribution in [2.24, 2.45) is 0 Å². The third kappa shape index (κ3) is 6.37. The van der Waals surface area contributed by atoms with Crippen LogP contribution in [0, 0.1) is 0 Å². The van der Waals surface area contributed by atoms with Gasteiger partial charge in [-0.25, -0.2) is 4.79 Å². The van der Waals surface area contributed by atoms with Crippen LogP contribution in [0.4, 0.5) is 10.5 Å². The van der Waals surface area contributed by atoms with E-state index in [2.05, 4.69) is 5.32 Å². The maximum absolute atomic E-state index is 12.4. The van der Waals surface area contributed by atoms with Gasteiger partial charge in [0.2, 0.25) is 11.8 Å². The minimum absolute atomic E-state index is 0.00362. The SMILES string of the molecule is CC(C)(C)OC(=O)NCCCC(=O)N1CCN(c2cccc(C=O)c2)C(=O)C1. The standard InChI is InChI=1S/C20H27N3O5/c1-20(2,3)28-19(27)21-9-5-8-17(25)22-10-11-23(18(26)13-22)16-7-4-6-15(12-16)14-24/h4,6-7,12,14H,5,8-11,13H2,1-3H3,(H,21,27). The number of ether oxygens (including phenoxy) is 1.